The summed E-state index contributed by atoms with van der Waals surface area (Å²) < 4.78 is 11.5. The first kappa shape index (κ1) is 16.7. The van der Waals surface area contributed by atoms with Crippen molar-refractivity contribution in [1.82, 2.24) is 0 Å². The SMILES string of the molecule is CNc1ccc(C(=O)OC2C3CCCOC3C2(C)C)cc1[N+](=O)[O-]. The molecule has 1 aliphatic heterocycles. The molecule has 7 nitrogen and oxygen atoms in total. The van der Waals surface area contributed by atoms with E-state index in [1.54, 1.807) is 13.1 Å². The Morgan fingerprint density at radius 2 is 2.21 bits per heavy atom. The standard InChI is InChI=1S/C17H22N2O5/c1-17(2)14-11(5-4-8-23-14)15(17)24-16(20)10-6-7-12(18-3)13(9-10)19(21)22/h6-7,9,11,14-15,18H,4-5,8H2,1-3H3. The van der Waals surface area contributed by atoms with Crippen molar-refractivity contribution >= 4 is 17.3 Å². The highest BCUT2D eigenvalue weighted by Crippen LogP contribution is 2.53. The minimum atomic E-state index is -0.525. The van der Waals surface area contributed by atoms with E-state index in [1.807, 2.05) is 13.8 Å². The highest BCUT2D eigenvalue weighted by Gasteiger charge is 2.60. The average molecular weight is 334 g/mol. The highest BCUT2D eigenvalue weighted by molar-refractivity contribution is 5.91. The smallest absolute Gasteiger partial charge is 0.338 e. The molecule has 3 rings (SSSR count). The molecule has 1 aromatic carbocycles. The molecule has 0 amide bonds. The average Bonchev–Trinajstić information content (AvgIpc) is 2.58. The van der Waals surface area contributed by atoms with Crippen LogP contribution in [0.25, 0.3) is 0 Å². The molecule has 1 aliphatic carbocycles. The van der Waals surface area contributed by atoms with Gasteiger partial charge in [-0.1, -0.05) is 13.8 Å². The normalized spacial score (nSPS) is 27.5. The summed E-state index contributed by atoms with van der Waals surface area (Å²) >= 11 is 0. The van der Waals surface area contributed by atoms with Gasteiger partial charge in [0.2, 0.25) is 0 Å². The number of hydrogen-bond donors (Lipinski definition) is 1. The number of ether oxygens (including phenoxy) is 2. The van der Waals surface area contributed by atoms with Crippen molar-refractivity contribution < 1.29 is 19.2 Å². The van der Waals surface area contributed by atoms with Crippen LogP contribution in [0.5, 0.6) is 0 Å². The van der Waals surface area contributed by atoms with Crippen LogP contribution >= 0.6 is 0 Å². The monoisotopic (exact) mass is 334 g/mol. The summed E-state index contributed by atoms with van der Waals surface area (Å²) in [7, 11) is 1.60. The predicted octanol–water partition coefficient (Wildman–Crippen LogP) is 3.00. The van der Waals surface area contributed by atoms with E-state index in [4.69, 9.17) is 9.47 Å². The van der Waals surface area contributed by atoms with Gasteiger partial charge < -0.3 is 14.8 Å². The Morgan fingerprint density at radius 3 is 2.88 bits per heavy atom. The molecule has 1 N–H and O–H groups in total. The van der Waals surface area contributed by atoms with E-state index in [-0.39, 0.29) is 34.8 Å². The molecule has 2 aliphatic rings. The van der Waals surface area contributed by atoms with Crippen molar-refractivity contribution in [3.63, 3.8) is 0 Å². The van der Waals surface area contributed by atoms with E-state index in [0.29, 0.717) is 5.69 Å². The summed E-state index contributed by atoms with van der Waals surface area (Å²) in [5.74, 6) is -0.313. The summed E-state index contributed by atoms with van der Waals surface area (Å²) in [6.45, 7) is 4.82. The lowest BCUT2D eigenvalue weighted by Crippen LogP contribution is -2.65. The molecule has 0 bridgehead atoms. The number of rotatable bonds is 4. The van der Waals surface area contributed by atoms with Crippen LogP contribution in [0, 0.1) is 21.4 Å². The van der Waals surface area contributed by atoms with Gasteiger partial charge in [-0.25, -0.2) is 4.79 Å². The Balaban J connectivity index is 1.78. The first-order valence-electron chi connectivity index (χ1n) is 8.15. The first-order valence-corrected chi connectivity index (χ1v) is 8.15. The van der Waals surface area contributed by atoms with Crippen molar-refractivity contribution in [2.45, 2.75) is 38.9 Å². The molecule has 1 heterocycles. The number of carbonyl (C=O) groups is 1. The van der Waals surface area contributed by atoms with Crippen LogP contribution in [0.15, 0.2) is 18.2 Å². The number of hydrogen-bond acceptors (Lipinski definition) is 6. The maximum atomic E-state index is 12.5. The fourth-order valence-corrected chi connectivity index (χ4v) is 3.92. The van der Waals surface area contributed by atoms with Gasteiger partial charge in [0.15, 0.2) is 0 Å². The largest absolute Gasteiger partial charge is 0.458 e. The molecule has 24 heavy (non-hydrogen) atoms. The van der Waals surface area contributed by atoms with Gasteiger partial charge >= 0.3 is 5.97 Å². The Morgan fingerprint density at radius 1 is 1.46 bits per heavy atom. The molecular formula is C17H22N2O5. The van der Waals surface area contributed by atoms with Crippen LogP contribution < -0.4 is 5.32 Å². The molecular weight excluding hydrogens is 312 g/mol. The van der Waals surface area contributed by atoms with E-state index >= 15 is 0 Å². The lowest BCUT2D eigenvalue weighted by Gasteiger charge is -2.58. The summed E-state index contributed by atoms with van der Waals surface area (Å²) in [6, 6.07) is 4.32. The Hall–Kier alpha value is -2.15. The van der Waals surface area contributed by atoms with Gasteiger partial charge in [-0.15, -0.1) is 0 Å². The third kappa shape index (κ3) is 2.62. The fraction of sp³-hybridized carbons (Fsp3) is 0.588. The van der Waals surface area contributed by atoms with E-state index in [0.717, 1.165) is 19.4 Å². The van der Waals surface area contributed by atoms with E-state index in [2.05, 4.69) is 5.32 Å². The number of nitrogens with zero attached hydrogens (tertiary/aromatic N) is 1. The molecule has 1 saturated carbocycles. The fourth-order valence-electron chi connectivity index (χ4n) is 3.92. The van der Waals surface area contributed by atoms with Crippen LogP contribution in [0.1, 0.15) is 37.0 Å². The number of esters is 1. The number of nitrogens with one attached hydrogen (secondary N) is 1. The molecule has 0 radical (unpaired) electrons. The number of benzene rings is 1. The third-order valence-electron chi connectivity index (χ3n) is 5.16. The quantitative estimate of drug-likeness (QED) is 0.517. The molecule has 7 heteroatoms. The van der Waals surface area contributed by atoms with Crippen molar-refractivity contribution in [3.05, 3.63) is 33.9 Å². The predicted molar refractivity (Wildman–Crippen MR) is 88.1 cm³/mol. The first-order chi connectivity index (χ1) is 11.4. The second-order valence-corrected chi connectivity index (χ2v) is 6.98. The number of carbonyl (C=O) groups excluding carboxylic acids is 1. The Labute approximate surface area is 140 Å². The molecule has 130 valence electrons. The summed E-state index contributed by atoms with van der Waals surface area (Å²) in [5.41, 5.74) is 0.175. The van der Waals surface area contributed by atoms with Crippen LogP contribution in [0.4, 0.5) is 11.4 Å². The molecule has 3 unspecified atom stereocenters. The van der Waals surface area contributed by atoms with Crippen molar-refractivity contribution in [2.75, 3.05) is 19.0 Å². The molecule has 3 atom stereocenters. The second-order valence-electron chi connectivity index (χ2n) is 6.98. The van der Waals surface area contributed by atoms with Crippen molar-refractivity contribution in [1.29, 1.82) is 0 Å². The van der Waals surface area contributed by atoms with Crippen molar-refractivity contribution in [3.8, 4) is 0 Å². The summed E-state index contributed by atoms with van der Waals surface area (Å²) in [6.07, 6.45) is 1.83. The van der Waals surface area contributed by atoms with Crippen LogP contribution in [-0.2, 0) is 9.47 Å². The highest BCUT2D eigenvalue weighted by atomic mass is 16.6. The Bertz CT molecular complexity index is 673. The lowest BCUT2D eigenvalue weighted by atomic mass is 9.57. The molecule has 1 aromatic rings. The number of nitro benzene ring substituents is 1. The minimum absolute atomic E-state index is 0.116. The second kappa shape index (κ2) is 6.05. The van der Waals surface area contributed by atoms with Gasteiger partial charge in [0.25, 0.3) is 5.69 Å². The summed E-state index contributed by atoms with van der Waals surface area (Å²) in [4.78, 5) is 23.1. The van der Waals surface area contributed by atoms with Gasteiger partial charge in [-0.2, -0.15) is 0 Å². The topological polar surface area (TPSA) is 90.7 Å². The van der Waals surface area contributed by atoms with Gasteiger partial charge in [0.1, 0.15) is 11.8 Å². The lowest BCUT2D eigenvalue weighted by molar-refractivity contribution is -0.384. The van der Waals surface area contributed by atoms with E-state index < -0.39 is 10.9 Å². The third-order valence-corrected chi connectivity index (χ3v) is 5.16. The summed E-state index contributed by atoms with van der Waals surface area (Å²) in [5, 5.41) is 13.9. The molecule has 1 saturated heterocycles. The van der Waals surface area contributed by atoms with Gasteiger partial charge in [-0.05, 0) is 25.0 Å². The minimum Gasteiger partial charge on any atom is -0.458 e. The molecule has 2 fully saturated rings. The van der Waals surface area contributed by atoms with E-state index in [1.165, 1.54) is 12.1 Å². The maximum absolute atomic E-state index is 12.5. The molecule has 0 aromatic heterocycles. The van der Waals surface area contributed by atoms with E-state index in [9.17, 15) is 14.9 Å². The Kier molecular flexibility index (Phi) is 4.21. The zero-order valence-electron chi connectivity index (χ0n) is 14.1. The van der Waals surface area contributed by atoms with Crippen LogP contribution in [0.3, 0.4) is 0 Å². The molecule has 0 spiro atoms. The zero-order chi connectivity index (χ0) is 17.5. The van der Waals surface area contributed by atoms with Crippen LogP contribution in [0.2, 0.25) is 0 Å². The van der Waals surface area contributed by atoms with Crippen molar-refractivity contribution in [2.24, 2.45) is 11.3 Å². The van der Waals surface area contributed by atoms with Gasteiger partial charge in [-0.3, -0.25) is 10.1 Å². The number of nitro groups is 1. The van der Waals surface area contributed by atoms with Crippen LogP contribution in [-0.4, -0.2) is 36.8 Å². The maximum Gasteiger partial charge on any atom is 0.338 e. The van der Waals surface area contributed by atoms with Gasteiger partial charge in [0.05, 0.1) is 16.6 Å². The zero-order valence-corrected chi connectivity index (χ0v) is 14.1. The van der Waals surface area contributed by atoms with Gasteiger partial charge in [0, 0.05) is 31.1 Å². The number of fused-ring (bicyclic) bond motifs is 1. The number of anilines is 1.